The normalized spacial score (nSPS) is 21.1. The first-order valence-electron chi connectivity index (χ1n) is 7.04. The van der Waals surface area contributed by atoms with Gasteiger partial charge in [0.05, 0.1) is 0 Å². The maximum atomic E-state index is 13.5. The number of nitrogens with one attached hydrogen (secondary N) is 1. The summed E-state index contributed by atoms with van der Waals surface area (Å²) < 4.78 is 39.7. The molecule has 110 valence electrons. The van der Waals surface area contributed by atoms with Crippen molar-refractivity contribution in [2.24, 2.45) is 0 Å². The lowest BCUT2D eigenvalue weighted by molar-refractivity contribution is 0.287. The molecule has 0 unspecified atom stereocenters. The SMILES string of the molecule is Fc1cccc(C2CC(NCc3cc(F)ccc3F)C2)c1. The van der Waals surface area contributed by atoms with Crippen LogP contribution < -0.4 is 5.32 Å². The van der Waals surface area contributed by atoms with Gasteiger partial charge in [-0.2, -0.15) is 0 Å². The standard InChI is InChI=1S/C17H16F3N/c18-14-3-1-2-11(6-14)12-8-16(9-12)21-10-13-7-15(19)4-5-17(13)20/h1-7,12,16,21H,8-10H2. The predicted molar refractivity (Wildman–Crippen MR) is 75.4 cm³/mol. The average Bonchev–Trinajstić information content (AvgIpc) is 2.41. The van der Waals surface area contributed by atoms with Gasteiger partial charge in [-0.05, 0) is 54.7 Å². The maximum absolute atomic E-state index is 13.5. The molecule has 0 aromatic heterocycles. The maximum Gasteiger partial charge on any atom is 0.127 e. The second kappa shape index (κ2) is 5.90. The summed E-state index contributed by atoms with van der Waals surface area (Å²) in [4.78, 5) is 0. The highest BCUT2D eigenvalue weighted by Crippen LogP contribution is 2.37. The summed E-state index contributed by atoms with van der Waals surface area (Å²) in [6.45, 7) is 0.310. The number of hydrogen-bond donors (Lipinski definition) is 1. The van der Waals surface area contributed by atoms with Gasteiger partial charge in [0.15, 0.2) is 0 Å². The molecule has 1 fully saturated rings. The molecule has 1 N–H and O–H groups in total. The van der Waals surface area contributed by atoms with Gasteiger partial charge in [0.25, 0.3) is 0 Å². The minimum Gasteiger partial charge on any atom is -0.310 e. The largest absolute Gasteiger partial charge is 0.310 e. The van der Waals surface area contributed by atoms with Crippen molar-refractivity contribution in [3.05, 3.63) is 71.0 Å². The van der Waals surface area contributed by atoms with Crippen LogP contribution in [0.5, 0.6) is 0 Å². The van der Waals surface area contributed by atoms with Crippen LogP contribution in [0.15, 0.2) is 42.5 Å². The lowest BCUT2D eigenvalue weighted by atomic mass is 9.76. The molecule has 0 radical (unpaired) electrons. The van der Waals surface area contributed by atoms with Gasteiger partial charge >= 0.3 is 0 Å². The van der Waals surface area contributed by atoms with Crippen molar-refractivity contribution in [1.82, 2.24) is 5.32 Å². The van der Waals surface area contributed by atoms with Crippen molar-refractivity contribution in [3.63, 3.8) is 0 Å². The molecule has 21 heavy (non-hydrogen) atoms. The Balaban J connectivity index is 1.52. The van der Waals surface area contributed by atoms with Crippen LogP contribution >= 0.6 is 0 Å². The number of hydrogen-bond acceptors (Lipinski definition) is 1. The topological polar surface area (TPSA) is 12.0 Å². The van der Waals surface area contributed by atoms with Crippen LogP contribution in [0.4, 0.5) is 13.2 Å². The highest BCUT2D eigenvalue weighted by atomic mass is 19.1. The van der Waals surface area contributed by atoms with E-state index in [4.69, 9.17) is 0 Å². The third-order valence-electron chi connectivity index (χ3n) is 4.05. The van der Waals surface area contributed by atoms with E-state index in [0.717, 1.165) is 30.5 Å². The zero-order valence-corrected chi connectivity index (χ0v) is 11.5. The van der Waals surface area contributed by atoms with E-state index in [1.807, 2.05) is 6.07 Å². The molecule has 0 saturated heterocycles. The van der Waals surface area contributed by atoms with Crippen molar-refractivity contribution in [2.75, 3.05) is 0 Å². The van der Waals surface area contributed by atoms with E-state index in [0.29, 0.717) is 18.0 Å². The second-order valence-electron chi connectivity index (χ2n) is 5.54. The molecule has 0 amide bonds. The van der Waals surface area contributed by atoms with Gasteiger partial charge in [-0.3, -0.25) is 0 Å². The molecule has 0 spiro atoms. The van der Waals surface area contributed by atoms with E-state index in [2.05, 4.69) is 5.32 Å². The average molecular weight is 291 g/mol. The Morgan fingerprint density at radius 2 is 1.71 bits per heavy atom. The molecule has 1 aliphatic carbocycles. The zero-order chi connectivity index (χ0) is 14.8. The van der Waals surface area contributed by atoms with Crippen molar-refractivity contribution in [2.45, 2.75) is 31.3 Å². The molecule has 0 bridgehead atoms. The van der Waals surface area contributed by atoms with Crippen LogP contribution in [0.1, 0.15) is 29.9 Å². The fourth-order valence-electron chi connectivity index (χ4n) is 2.75. The first-order chi connectivity index (χ1) is 10.1. The van der Waals surface area contributed by atoms with E-state index in [-0.39, 0.29) is 11.9 Å². The minimum absolute atomic E-state index is 0.217. The molecule has 2 aromatic rings. The zero-order valence-electron chi connectivity index (χ0n) is 11.5. The molecule has 0 atom stereocenters. The minimum atomic E-state index is -0.431. The first-order valence-corrected chi connectivity index (χ1v) is 7.04. The predicted octanol–water partition coefficient (Wildman–Crippen LogP) is 4.14. The van der Waals surface area contributed by atoms with Crippen LogP contribution in [-0.4, -0.2) is 6.04 Å². The summed E-state index contributed by atoms with van der Waals surface area (Å²) in [5.74, 6) is -0.703. The Labute approximate surface area is 121 Å². The highest BCUT2D eigenvalue weighted by Gasteiger charge is 2.30. The summed E-state index contributed by atoms with van der Waals surface area (Å²) in [6.07, 6.45) is 1.78. The molecule has 0 aliphatic heterocycles. The fraction of sp³-hybridized carbons (Fsp3) is 0.294. The van der Waals surface area contributed by atoms with Gasteiger partial charge in [0.1, 0.15) is 17.5 Å². The van der Waals surface area contributed by atoms with Crippen LogP contribution in [0.25, 0.3) is 0 Å². The first kappa shape index (κ1) is 14.1. The summed E-state index contributed by atoms with van der Waals surface area (Å²) in [5.41, 5.74) is 1.34. The van der Waals surface area contributed by atoms with Crippen LogP contribution in [0, 0.1) is 17.5 Å². The van der Waals surface area contributed by atoms with Crippen molar-refractivity contribution in [3.8, 4) is 0 Å². The third-order valence-corrected chi connectivity index (χ3v) is 4.05. The van der Waals surface area contributed by atoms with Gasteiger partial charge in [0.2, 0.25) is 0 Å². The van der Waals surface area contributed by atoms with Gasteiger partial charge in [-0.15, -0.1) is 0 Å². The lowest BCUT2D eigenvalue weighted by Gasteiger charge is -2.36. The van der Waals surface area contributed by atoms with Crippen molar-refractivity contribution >= 4 is 0 Å². The van der Waals surface area contributed by atoms with Crippen molar-refractivity contribution < 1.29 is 13.2 Å². The van der Waals surface area contributed by atoms with Gasteiger partial charge in [-0.1, -0.05) is 12.1 Å². The molecule has 1 aliphatic rings. The molecular formula is C17H16F3N. The number of benzene rings is 2. The van der Waals surface area contributed by atoms with Crippen LogP contribution in [0.3, 0.4) is 0 Å². The van der Waals surface area contributed by atoms with Gasteiger partial charge in [0, 0.05) is 18.2 Å². The summed E-state index contributed by atoms with van der Waals surface area (Å²) in [5, 5.41) is 3.22. The second-order valence-corrected chi connectivity index (χ2v) is 5.54. The Morgan fingerprint density at radius 3 is 2.48 bits per heavy atom. The van der Waals surface area contributed by atoms with Gasteiger partial charge < -0.3 is 5.32 Å². The molecule has 4 heteroatoms. The molecule has 1 nitrogen and oxygen atoms in total. The quantitative estimate of drug-likeness (QED) is 0.892. The molecule has 0 heterocycles. The molecule has 3 rings (SSSR count). The fourth-order valence-corrected chi connectivity index (χ4v) is 2.75. The Hall–Kier alpha value is -1.81. The smallest absolute Gasteiger partial charge is 0.127 e. The van der Waals surface area contributed by atoms with Gasteiger partial charge in [-0.25, -0.2) is 13.2 Å². The van der Waals surface area contributed by atoms with E-state index in [1.54, 1.807) is 12.1 Å². The molecular weight excluding hydrogens is 275 g/mol. The van der Waals surface area contributed by atoms with E-state index >= 15 is 0 Å². The Bertz CT molecular complexity index is 636. The number of rotatable bonds is 4. The van der Waals surface area contributed by atoms with Crippen LogP contribution in [-0.2, 0) is 6.54 Å². The highest BCUT2D eigenvalue weighted by molar-refractivity contribution is 5.24. The molecule has 2 aromatic carbocycles. The van der Waals surface area contributed by atoms with Crippen LogP contribution in [0.2, 0.25) is 0 Å². The summed E-state index contributed by atoms with van der Waals surface area (Å²) >= 11 is 0. The monoisotopic (exact) mass is 291 g/mol. The van der Waals surface area contributed by atoms with E-state index < -0.39 is 11.6 Å². The van der Waals surface area contributed by atoms with E-state index in [9.17, 15) is 13.2 Å². The Kier molecular flexibility index (Phi) is 3.97. The van der Waals surface area contributed by atoms with Crippen molar-refractivity contribution in [1.29, 1.82) is 0 Å². The summed E-state index contributed by atoms with van der Waals surface area (Å²) in [6, 6.07) is 10.4. The Morgan fingerprint density at radius 1 is 0.952 bits per heavy atom. The molecule has 1 saturated carbocycles. The number of halogens is 3. The third kappa shape index (κ3) is 3.27. The lowest BCUT2D eigenvalue weighted by Crippen LogP contribution is -2.39. The summed E-state index contributed by atoms with van der Waals surface area (Å²) in [7, 11) is 0. The van der Waals surface area contributed by atoms with E-state index in [1.165, 1.54) is 12.1 Å².